The maximum Gasteiger partial charge on any atom is 0.327 e. The fourth-order valence-electron chi connectivity index (χ4n) is 1.34. The van der Waals surface area contributed by atoms with Gasteiger partial charge in [0.05, 0.1) is 6.61 Å². The molecule has 94 valence electrons. The van der Waals surface area contributed by atoms with Crippen molar-refractivity contribution in [2.75, 3.05) is 6.61 Å². The Morgan fingerprint density at radius 3 is 2.41 bits per heavy atom. The lowest BCUT2D eigenvalue weighted by Crippen LogP contribution is -2.27. The fourth-order valence-corrected chi connectivity index (χ4v) is 2.06. The first-order valence-corrected chi connectivity index (χ1v) is 9.58. The van der Waals surface area contributed by atoms with Crippen LogP contribution in [0, 0.1) is 0 Å². The molecule has 1 unspecified atom stereocenters. The van der Waals surface area contributed by atoms with E-state index < -0.39 is 14.1 Å². The molecule has 0 spiro atoms. The van der Waals surface area contributed by atoms with Gasteiger partial charge in [0.1, 0.15) is 6.04 Å². The molecule has 1 atom stereocenters. The number of carbonyl (C=O) groups is 1. The first-order chi connectivity index (χ1) is 7.90. The average Bonchev–Trinajstić information content (AvgIpc) is 2.27. The molecule has 17 heavy (non-hydrogen) atoms. The highest BCUT2D eigenvalue weighted by Gasteiger charge is 2.19. The van der Waals surface area contributed by atoms with Gasteiger partial charge in [-0.15, -0.1) is 0 Å². The Hall–Kier alpha value is -1.13. The number of nitrogens with two attached hydrogens (primary N) is 1. The van der Waals surface area contributed by atoms with E-state index in [4.69, 9.17) is 10.5 Å². The van der Waals surface area contributed by atoms with E-state index >= 15 is 0 Å². The van der Waals surface area contributed by atoms with Gasteiger partial charge in [0.15, 0.2) is 0 Å². The zero-order valence-electron chi connectivity index (χ0n) is 10.8. The van der Waals surface area contributed by atoms with E-state index in [1.165, 1.54) is 0 Å². The van der Waals surface area contributed by atoms with Crippen LogP contribution in [0.4, 0.5) is 0 Å². The number of carbonyl (C=O) groups excluding carboxylic acids is 1. The Labute approximate surface area is 104 Å². The molecule has 0 bridgehead atoms. The Morgan fingerprint density at radius 2 is 1.88 bits per heavy atom. The van der Waals surface area contributed by atoms with Gasteiger partial charge in [-0.1, -0.05) is 50.0 Å². The third-order valence-corrected chi connectivity index (χ3v) is 4.21. The second-order valence-corrected chi connectivity index (χ2v) is 11.0. The molecule has 1 rings (SSSR count). The van der Waals surface area contributed by atoms with Gasteiger partial charge in [-0.25, -0.2) is 4.79 Å². The average molecular weight is 251 g/mol. The van der Waals surface area contributed by atoms with Crippen molar-refractivity contribution in [3.8, 4) is 0 Å². The van der Waals surface area contributed by atoms with E-state index in [2.05, 4.69) is 19.6 Å². The van der Waals surface area contributed by atoms with Gasteiger partial charge in [0, 0.05) is 8.07 Å². The summed E-state index contributed by atoms with van der Waals surface area (Å²) in [5.74, 6) is -0.338. The summed E-state index contributed by atoms with van der Waals surface area (Å²) in [4.78, 5) is 11.7. The van der Waals surface area contributed by atoms with Gasteiger partial charge in [-0.2, -0.15) is 0 Å². The highest BCUT2D eigenvalue weighted by molar-refractivity contribution is 6.76. The summed E-state index contributed by atoms with van der Waals surface area (Å²) in [5.41, 5.74) is 6.62. The molecule has 0 aromatic heterocycles. The maximum absolute atomic E-state index is 11.7. The summed E-state index contributed by atoms with van der Waals surface area (Å²) in [7, 11) is -1.16. The van der Waals surface area contributed by atoms with Crippen LogP contribution in [0.2, 0.25) is 25.7 Å². The van der Waals surface area contributed by atoms with Gasteiger partial charge in [0.25, 0.3) is 0 Å². The number of rotatable bonds is 5. The third-order valence-electron chi connectivity index (χ3n) is 2.51. The van der Waals surface area contributed by atoms with E-state index in [1.54, 1.807) is 0 Å². The largest absolute Gasteiger partial charge is 0.465 e. The van der Waals surface area contributed by atoms with Crippen molar-refractivity contribution in [1.82, 2.24) is 0 Å². The molecule has 0 aliphatic heterocycles. The second kappa shape index (κ2) is 5.98. The van der Waals surface area contributed by atoms with Crippen molar-refractivity contribution in [2.24, 2.45) is 5.73 Å². The zero-order valence-corrected chi connectivity index (χ0v) is 11.8. The SMILES string of the molecule is C[Si](C)(C)CCOC(=O)C(N)c1ccccc1. The van der Waals surface area contributed by atoms with Crippen LogP contribution in [0.1, 0.15) is 11.6 Å². The third kappa shape index (κ3) is 5.15. The van der Waals surface area contributed by atoms with E-state index in [-0.39, 0.29) is 5.97 Å². The monoisotopic (exact) mass is 251 g/mol. The topological polar surface area (TPSA) is 52.3 Å². The molecule has 4 heteroatoms. The first-order valence-electron chi connectivity index (χ1n) is 5.87. The van der Waals surface area contributed by atoms with E-state index in [1.807, 2.05) is 30.3 Å². The molecule has 0 saturated heterocycles. The molecule has 2 N–H and O–H groups in total. The number of esters is 1. The number of benzene rings is 1. The molecule has 1 aromatic carbocycles. The van der Waals surface area contributed by atoms with Crippen LogP contribution >= 0.6 is 0 Å². The normalized spacial score (nSPS) is 13.2. The Balaban J connectivity index is 2.43. The highest BCUT2D eigenvalue weighted by Crippen LogP contribution is 2.13. The molecule has 0 saturated carbocycles. The maximum atomic E-state index is 11.7. The molecule has 0 heterocycles. The van der Waals surface area contributed by atoms with Crippen molar-refractivity contribution >= 4 is 14.0 Å². The standard InChI is InChI=1S/C13H21NO2Si/c1-17(2,3)10-9-16-13(15)12(14)11-7-5-4-6-8-11/h4-8,12H,9-10,14H2,1-3H3. The van der Waals surface area contributed by atoms with Gasteiger partial charge in [-0.05, 0) is 11.6 Å². The molecule has 0 aliphatic carbocycles. The summed E-state index contributed by atoms with van der Waals surface area (Å²) < 4.78 is 5.21. The second-order valence-electron chi connectivity index (χ2n) is 5.37. The van der Waals surface area contributed by atoms with Gasteiger partial charge in [-0.3, -0.25) is 0 Å². The predicted molar refractivity (Wildman–Crippen MR) is 72.5 cm³/mol. The highest BCUT2D eigenvalue weighted by atomic mass is 28.3. The van der Waals surface area contributed by atoms with Crippen LogP contribution in [0.3, 0.4) is 0 Å². The Kier molecular flexibility index (Phi) is 4.90. The van der Waals surface area contributed by atoms with Crippen LogP contribution in [-0.2, 0) is 9.53 Å². The molecule has 0 aliphatic rings. The van der Waals surface area contributed by atoms with E-state index in [9.17, 15) is 4.79 Å². The van der Waals surface area contributed by atoms with E-state index in [0.717, 1.165) is 11.6 Å². The fraction of sp³-hybridized carbons (Fsp3) is 0.462. The lowest BCUT2D eigenvalue weighted by molar-refractivity contribution is -0.144. The zero-order chi connectivity index (χ0) is 12.9. The van der Waals surface area contributed by atoms with Crippen LogP contribution < -0.4 is 5.73 Å². The molecule has 3 nitrogen and oxygen atoms in total. The molecular formula is C13H21NO2Si. The minimum Gasteiger partial charge on any atom is -0.465 e. The predicted octanol–water partition coefficient (Wildman–Crippen LogP) is 2.57. The quantitative estimate of drug-likeness (QED) is 0.646. The lowest BCUT2D eigenvalue weighted by atomic mass is 10.1. The Morgan fingerprint density at radius 1 is 1.29 bits per heavy atom. The summed E-state index contributed by atoms with van der Waals surface area (Å²) in [6.07, 6.45) is 0. The molecule has 0 amide bonds. The van der Waals surface area contributed by atoms with Crippen molar-refractivity contribution in [3.63, 3.8) is 0 Å². The molecule has 1 aromatic rings. The molecule has 0 radical (unpaired) electrons. The lowest BCUT2D eigenvalue weighted by Gasteiger charge is -2.17. The summed E-state index contributed by atoms with van der Waals surface area (Å²) >= 11 is 0. The summed E-state index contributed by atoms with van der Waals surface area (Å²) in [6.45, 7) is 7.23. The molecular weight excluding hydrogens is 230 g/mol. The molecule has 0 fully saturated rings. The van der Waals surface area contributed by atoms with Crippen LogP contribution in [-0.4, -0.2) is 20.7 Å². The summed E-state index contributed by atoms with van der Waals surface area (Å²) in [5, 5.41) is 0. The summed E-state index contributed by atoms with van der Waals surface area (Å²) in [6, 6.07) is 9.61. The van der Waals surface area contributed by atoms with Crippen molar-refractivity contribution in [1.29, 1.82) is 0 Å². The van der Waals surface area contributed by atoms with Crippen LogP contribution in [0.25, 0.3) is 0 Å². The van der Waals surface area contributed by atoms with Crippen molar-refractivity contribution in [2.45, 2.75) is 31.7 Å². The number of ether oxygens (including phenoxy) is 1. The number of hydrogen-bond acceptors (Lipinski definition) is 3. The van der Waals surface area contributed by atoms with Crippen LogP contribution in [0.15, 0.2) is 30.3 Å². The van der Waals surface area contributed by atoms with Crippen molar-refractivity contribution < 1.29 is 9.53 Å². The smallest absolute Gasteiger partial charge is 0.327 e. The van der Waals surface area contributed by atoms with Crippen molar-refractivity contribution in [3.05, 3.63) is 35.9 Å². The minimum atomic E-state index is -1.16. The number of hydrogen-bond donors (Lipinski definition) is 1. The van der Waals surface area contributed by atoms with Crippen LogP contribution in [0.5, 0.6) is 0 Å². The first kappa shape index (κ1) is 13.9. The van der Waals surface area contributed by atoms with Gasteiger partial charge < -0.3 is 10.5 Å². The Bertz CT molecular complexity index is 359. The van der Waals surface area contributed by atoms with Gasteiger partial charge in [0.2, 0.25) is 0 Å². The minimum absolute atomic E-state index is 0.338. The van der Waals surface area contributed by atoms with Gasteiger partial charge >= 0.3 is 5.97 Å². The van der Waals surface area contributed by atoms with E-state index in [0.29, 0.717) is 6.61 Å².